The van der Waals surface area contributed by atoms with Crippen molar-refractivity contribution in [3.05, 3.63) is 92.2 Å². The number of halogens is 7. The molecule has 3 unspecified atom stereocenters. The average molecular weight is 677 g/mol. The van der Waals surface area contributed by atoms with E-state index in [9.17, 15) is 31.5 Å². The molecule has 0 bridgehead atoms. The number of carbonyl (C=O) groups is 1. The number of alkyl halides is 5. The van der Waals surface area contributed by atoms with Crippen molar-refractivity contribution in [1.29, 1.82) is 0 Å². The van der Waals surface area contributed by atoms with Crippen LogP contribution in [0.1, 0.15) is 77.7 Å². The van der Waals surface area contributed by atoms with E-state index >= 15 is 8.78 Å². The van der Waals surface area contributed by atoms with Crippen LogP contribution < -0.4 is 16.7 Å². The number of H-pyrrole nitrogens is 1. The number of aryl methyl sites for hydroxylation is 1. The van der Waals surface area contributed by atoms with Gasteiger partial charge in [-0.05, 0) is 67.9 Å². The second-order valence-electron chi connectivity index (χ2n) is 12.3. The number of allylic oxidation sites excluding steroid dienone is 2. The molecule has 252 valence electrons. The van der Waals surface area contributed by atoms with Crippen LogP contribution in [0.4, 0.5) is 36.4 Å². The zero-order chi connectivity index (χ0) is 34.3. The lowest BCUT2D eigenvalue weighted by atomic mass is 9.73. The van der Waals surface area contributed by atoms with E-state index in [4.69, 9.17) is 5.73 Å². The quantitative estimate of drug-likeness (QED) is 0.234. The van der Waals surface area contributed by atoms with Crippen molar-refractivity contribution in [2.45, 2.75) is 69.6 Å². The highest BCUT2D eigenvalue weighted by molar-refractivity contribution is 5.86. The minimum Gasteiger partial charge on any atom is -0.397 e. The summed E-state index contributed by atoms with van der Waals surface area (Å²) in [4.78, 5) is 30.5. The van der Waals surface area contributed by atoms with Gasteiger partial charge in [-0.25, -0.2) is 18.7 Å². The Balaban J connectivity index is 1.29. The zero-order valence-corrected chi connectivity index (χ0v) is 25.1. The molecule has 3 aromatic heterocycles. The second-order valence-corrected chi connectivity index (χ2v) is 12.3. The van der Waals surface area contributed by atoms with Crippen LogP contribution in [-0.4, -0.2) is 35.4 Å². The fraction of sp³-hybridized carbons (Fsp3) is 0.387. The third-order valence-corrected chi connectivity index (χ3v) is 9.38. The van der Waals surface area contributed by atoms with Gasteiger partial charge in [0.15, 0.2) is 5.69 Å². The number of nitrogens with one attached hydrogen (secondary N) is 2. The number of nitrogens with two attached hydrogens (primary N) is 1. The molecule has 1 aliphatic heterocycles. The summed E-state index contributed by atoms with van der Waals surface area (Å²) in [7, 11) is 0. The van der Waals surface area contributed by atoms with Crippen LogP contribution in [0.25, 0.3) is 11.3 Å². The van der Waals surface area contributed by atoms with Gasteiger partial charge in [0.2, 0.25) is 5.91 Å². The number of rotatable bonds is 7. The Labute approximate surface area is 266 Å². The van der Waals surface area contributed by atoms with Crippen molar-refractivity contribution in [2.75, 3.05) is 5.73 Å². The van der Waals surface area contributed by atoms with Crippen LogP contribution in [0.3, 0.4) is 0 Å². The Morgan fingerprint density at radius 2 is 1.88 bits per heavy atom. The first kappa shape index (κ1) is 31.6. The number of hydrogen-bond donors (Lipinski definition) is 3. The number of nitrogen functional groups attached to an aromatic ring is 1. The maximum atomic E-state index is 15.4. The van der Waals surface area contributed by atoms with Gasteiger partial charge in [0, 0.05) is 35.2 Å². The molecule has 1 aromatic carbocycles. The van der Waals surface area contributed by atoms with Crippen molar-refractivity contribution in [1.82, 2.24) is 34.8 Å². The van der Waals surface area contributed by atoms with Crippen molar-refractivity contribution in [3.8, 4) is 0 Å². The van der Waals surface area contributed by atoms with E-state index in [1.54, 1.807) is 13.0 Å². The molecule has 2 aliphatic carbocycles. The van der Waals surface area contributed by atoms with Gasteiger partial charge in [0.25, 0.3) is 5.92 Å². The van der Waals surface area contributed by atoms with Gasteiger partial charge in [-0.1, -0.05) is 0 Å². The number of nitrogens with zero attached hydrogens (tertiary/aromatic N) is 5. The van der Waals surface area contributed by atoms with Gasteiger partial charge in [0.05, 0.1) is 23.6 Å². The number of anilines is 1. The highest BCUT2D eigenvalue weighted by atomic mass is 19.4. The molecule has 1 saturated carbocycles. The average Bonchev–Trinajstić information content (AvgIpc) is 3.56. The van der Waals surface area contributed by atoms with E-state index in [1.807, 2.05) is 0 Å². The smallest absolute Gasteiger partial charge is 0.397 e. The van der Waals surface area contributed by atoms with Crippen LogP contribution >= 0.6 is 0 Å². The fourth-order valence-corrected chi connectivity index (χ4v) is 7.25. The van der Waals surface area contributed by atoms with E-state index in [1.165, 1.54) is 10.8 Å². The zero-order valence-electron chi connectivity index (χ0n) is 25.1. The van der Waals surface area contributed by atoms with Gasteiger partial charge < -0.3 is 11.1 Å². The normalized spacial score (nSPS) is 20.2. The van der Waals surface area contributed by atoms with Crippen LogP contribution in [0.15, 0.2) is 35.3 Å². The first-order chi connectivity index (χ1) is 22.6. The molecule has 4 N–H and O–H groups in total. The van der Waals surface area contributed by atoms with Gasteiger partial charge >= 0.3 is 11.9 Å². The maximum Gasteiger partial charge on any atom is 0.435 e. The summed E-state index contributed by atoms with van der Waals surface area (Å²) < 4.78 is 103. The summed E-state index contributed by atoms with van der Waals surface area (Å²) >= 11 is 0. The molecule has 4 aromatic rings. The molecule has 3 atom stereocenters. The topological polar surface area (TPSA) is 137 Å². The number of aromatic amines is 1. The lowest BCUT2D eigenvalue weighted by Gasteiger charge is -2.34. The summed E-state index contributed by atoms with van der Waals surface area (Å²) in [5.41, 5.74) is 4.56. The van der Waals surface area contributed by atoms with E-state index in [0.29, 0.717) is 46.2 Å². The Hall–Kier alpha value is -4.96. The molecular weight excluding hydrogens is 649 g/mol. The number of fused-ring (bicyclic) bond motifs is 4. The number of amides is 1. The third-order valence-electron chi connectivity index (χ3n) is 9.38. The third kappa shape index (κ3) is 5.15. The fourth-order valence-electron chi connectivity index (χ4n) is 7.25. The second kappa shape index (κ2) is 11.1. The maximum absolute atomic E-state index is 15.4. The van der Waals surface area contributed by atoms with E-state index in [2.05, 4.69) is 25.6 Å². The number of aromatic nitrogens is 6. The van der Waals surface area contributed by atoms with Gasteiger partial charge in [-0.15, -0.1) is 0 Å². The van der Waals surface area contributed by atoms with Crippen LogP contribution in [0.2, 0.25) is 0 Å². The SMILES string of the molecule is CC1=C(c2cc(N)cnc2C(Cc2cc(F)cc(F)c2)NC(=O)Cn2nc(C(F)(F)F)c3c2C(F)(F)C2CCC32)CCc2n[nH]c(=O)n21. The van der Waals surface area contributed by atoms with Gasteiger partial charge in [-0.2, -0.15) is 32.1 Å². The predicted octanol–water partition coefficient (Wildman–Crippen LogP) is 5.08. The van der Waals surface area contributed by atoms with Gasteiger partial charge in [0.1, 0.15) is 29.7 Å². The largest absolute Gasteiger partial charge is 0.435 e. The van der Waals surface area contributed by atoms with E-state index in [-0.39, 0.29) is 36.2 Å². The molecule has 1 amide bonds. The first-order valence-corrected chi connectivity index (χ1v) is 15.1. The summed E-state index contributed by atoms with van der Waals surface area (Å²) in [6.07, 6.45) is -3.12. The Bertz CT molecular complexity index is 2040. The molecule has 0 radical (unpaired) electrons. The Morgan fingerprint density at radius 1 is 1.15 bits per heavy atom. The minimum atomic E-state index is -5.03. The highest BCUT2D eigenvalue weighted by Gasteiger charge is 2.63. The van der Waals surface area contributed by atoms with Crippen LogP contribution in [0.5, 0.6) is 0 Å². The molecular formula is C31H27F7N8O2. The number of hydrogen-bond acceptors (Lipinski definition) is 6. The van der Waals surface area contributed by atoms with Crippen molar-refractivity contribution >= 4 is 22.9 Å². The monoisotopic (exact) mass is 676 g/mol. The number of benzene rings is 1. The van der Waals surface area contributed by atoms with Crippen LogP contribution in [0, 0.1) is 17.6 Å². The summed E-state index contributed by atoms with van der Waals surface area (Å²) in [5, 5.41) is 12.5. The molecule has 48 heavy (non-hydrogen) atoms. The standard InChI is InChI=1S/C31H27F7N8O2/c1-13-18(3-5-23-42-43-29(48)46(13)23)20-10-17(39)11-40-26(20)22(8-14-6-15(32)9-16(33)7-14)41-24(47)12-45-28-25(27(44-45)31(36,37)38)19-2-4-21(19)30(28,34)35/h6-7,9-11,19,21-22H,2-5,8,12,39H2,1H3,(H,41,47)(H,43,48). The highest BCUT2D eigenvalue weighted by Crippen LogP contribution is 2.64. The predicted molar refractivity (Wildman–Crippen MR) is 156 cm³/mol. The summed E-state index contributed by atoms with van der Waals surface area (Å²) in [6.45, 7) is 0.669. The molecule has 7 rings (SSSR count). The van der Waals surface area contributed by atoms with Crippen molar-refractivity contribution in [2.24, 2.45) is 5.92 Å². The van der Waals surface area contributed by atoms with E-state index in [0.717, 1.165) is 12.1 Å². The molecule has 1 fully saturated rings. The lowest BCUT2D eigenvalue weighted by Crippen LogP contribution is -2.36. The summed E-state index contributed by atoms with van der Waals surface area (Å²) in [5.74, 6) is -8.28. The number of carbonyl (C=O) groups excluding carboxylic acids is 1. The number of pyridine rings is 1. The van der Waals surface area contributed by atoms with Crippen LogP contribution in [-0.2, 0) is 36.3 Å². The minimum absolute atomic E-state index is 0.0371. The molecule has 0 saturated heterocycles. The van der Waals surface area contributed by atoms with Gasteiger partial charge in [-0.3, -0.25) is 19.0 Å². The molecule has 10 nitrogen and oxygen atoms in total. The molecule has 0 spiro atoms. The molecule has 17 heteroatoms. The van der Waals surface area contributed by atoms with Crippen molar-refractivity contribution < 1.29 is 35.5 Å². The first-order valence-electron chi connectivity index (χ1n) is 15.1. The van der Waals surface area contributed by atoms with E-state index < -0.39 is 76.7 Å². The molecule has 4 heterocycles. The Morgan fingerprint density at radius 3 is 2.54 bits per heavy atom. The Kier molecular flexibility index (Phi) is 7.28. The van der Waals surface area contributed by atoms with Crippen molar-refractivity contribution in [3.63, 3.8) is 0 Å². The molecule has 3 aliphatic rings. The lowest BCUT2D eigenvalue weighted by molar-refractivity contribution is -0.144. The summed E-state index contributed by atoms with van der Waals surface area (Å²) in [6, 6.07) is 3.08.